The SMILES string of the molecule is CC[C@@H]1C[N+]2=C(C[C@@H]1/C(C)=C\OC)c1[nH]c3cccc(OC)c3c1CC2. The van der Waals surface area contributed by atoms with Crippen LogP contribution in [-0.4, -0.2) is 42.6 Å². The number of aromatic amines is 1. The van der Waals surface area contributed by atoms with Gasteiger partial charge in [-0.05, 0) is 31.1 Å². The van der Waals surface area contributed by atoms with Crippen molar-refractivity contribution in [2.75, 3.05) is 27.3 Å². The molecule has 2 aliphatic heterocycles. The van der Waals surface area contributed by atoms with Crippen LogP contribution in [0.2, 0.25) is 0 Å². The van der Waals surface area contributed by atoms with E-state index in [0.29, 0.717) is 11.8 Å². The minimum atomic E-state index is 0.547. The number of ether oxygens (including phenoxy) is 2. The molecule has 2 aromatic rings. The van der Waals surface area contributed by atoms with E-state index in [2.05, 4.69) is 41.6 Å². The van der Waals surface area contributed by atoms with Gasteiger partial charge in [-0.3, -0.25) is 0 Å². The first-order valence-corrected chi connectivity index (χ1v) is 9.66. The first-order chi connectivity index (χ1) is 12.7. The number of aromatic nitrogens is 1. The number of allylic oxidation sites excluding steroid dienone is 1. The summed E-state index contributed by atoms with van der Waals surface area (Å²) in [6.07, 6.45) is 5.29. The summed E-state index contributed by atoms with van der Waals surface area (Å²) in [7, 11) is 3.51. The lowest BCUT2D eigenvalue weighted by molar-refractivity contribution is -0.543. The monoisotopic (exact) mass is 353 g/mol. The van der Waals surface area contributed by atoms with Crippen LogP contribution in [-0.2, 0) is 11.2 Å². The molecule has 3 heterocycles. The summed E-state index contributed by atoms with van der Waals surface area (Å²) in [4.78, 5) is 3.70. The third kappa shape index (κ3) is 2.63. The standard InChI is InChI=1S/C22H28N2O2/c1-5-15-12-24-10-9-16-21-18(7-6-8-20(21)26-4)23-22(16)19(24)11-17(15)14(2)13-25-3/h6-8,13,15,17H,5,9-12H2,1-4H3/p+1/b14-13-/t15-,17-/m1/s1. The molecule has 0 unspecified atom stereocenters. The molecular weight excluding hydrogens is 324 g/mol. The van der Waals surface area contributed by atoms with E-state index in [0.717, 1.165) is 31.7 Å². The molecule has 0 saturated heterocycles. The van der Waals surface area contributed by atoms with Gasteiger partial charge in [0.05, 0.1) is 26.0 Å². The van der Waals surface area contributed by atoms with Gasteiger partial charge in [0, 0.05) is 35.6 Å². The van der Waals surface area contributed by atoms with Crippen molar-refractivity contribution in [2.45, 2.75) is 33.1 Å². The Bertz CT molecular complexity index is 891. The molecule has 1 aromatic carbocycles. The van der Waals surface area contributed by atoms with Crippen molar-refractivity contribution >= 4 is 16.6 Å². The lowest BCUT2D eigenvalue weighted by Gasteiger charge is -2.32. The highest BCUT2D eigenvalue weighted by Crippen LogP contribution is 2.38. The molecule has 0 amide bonds. The zero-order valence-electron chi connectivity index (χ0n) is 16.3. The zero-order valence-corrected chi connectivity index (χ0v) is 16.3. The van der Waals surface area contributed by atoms with Crippen molar-refractivity contribution in [3.8, 4) is 5.75 Å². The lowest BCUT2D eigenvalue weighted by atomic mass is 9.77. The van der Waals surface area contributed by atoms with E-state index in [1.165, 1.54) is 39.9 Å². The predicted octanol–water partition coefficient (Wildman–Crippen LogP) is 4.13. The van der Waals surface area contributed by atoms with Crippen molar-refractivity contribution < 1.29 is 14.0 Å². The number of benzene rings is 1. The third-order valence-corrected chi connectivity index (χ3v) is 6.26. The first kappa shape index (κ1) is 17.2. The summed E-state index contributed by atoms with van der Waals surface area (Å²) in [5, 5.41) is 1.26. The van der Waals surface area contributed by atoms with E-state index in [-0.39, 0.29) is 0 Å². The highest BCUT2D eigenvalue weighted by molar-refractivity contribution is 6.05. The van der Waals surface area contributed by atoms with Crippen molar-refractivity contribution in [2.24, 2.45) is 11.8 Å². The van der Waals surface area contributed by atoms with Crippen LogP contribution in [0.25, 0.3) is 10.9 Å². The van der Waals surface area contributed by atoms with Crippen LogP contribution in [0.3, 0.4) is 0 Å². The maximum Gasteiger partial charge on any atom is 0.200 e. The molecule has 4 heteroatoms. The average Bonchev–Trinajstić information content (AvgIpc) is 3.06. The Hall–Kier alpha value is -2.23. The lowest BCUT2D eigenvalue weighted by Crippen LogP contribution is -2.42. The van der Waals surface area contributed by atoms with Crippen LogP contribution in [0, 0.1) is 11.8 Å². The van der Waals surface area contributed by atoms with Gasteiger partial charge in [0.2, 0.25) is 5.71 Å². The van der Waals surface area contributed by atoms with Gasteiger partial charge in [-0.1, -0.05) is 13.0 Å². The van der Waals surface area contributed by atoms with Crippen LogP contribution in [0.5, 0.6) is 5.75 Å². The summed E-state index contributed by atoms with van der Waals surface area (Å²) in [5.41, 5.74) is 6.74. The van der Waals surface area contributed by atoms with Crippen LogP contribution in [0.4, 0.5) is 0 Å². The minimum absolute atomic E-state index is 0.547. The molecule has 26 heavy (non-hydrogen) atoms. The Morgan fingerprint density at radius 3 is 2.92 bits per heavy atom. The first-order valence-electron chi connectivity index (χ1n) is 9.66. The molecule has 0 fully saturated rings. The normalized spacial score (nSPS) is 23.0. The van der Waals surface area contributed by atoms with Crippen LogP contribution in [0.1, 0.15) is 37.9 Å². The molecule has 0 radical (unpaired) electrons. The van der Waals surface area contributed by atoms with Crippen molar-refractivity contribution in [1.29, 1.82) is 0 Å². The Labute approximate surface area is 155 Å². The second kappa shape index (κ2) is 6.82. The molecule has 1 aromatic heterocycles. The van der Waals surface area contributed by atoms with E-state index in [4.69, 9.17) is 9.47 Å². The zero-order chi connectivity index (χ0) is 18.3. The molecule has 4 nitrogen and oxygen atoms in total. The van der Waals surface area contributed by atoms with Gasteiger partial charge < -0.3 is 14.5 Å². The molecule has 0 aliphatic carbocycles. The van der Waals surface area contributed by atoms with Gasteiger partial charge in [-0.15, -0.1) is 0 Å². The maximum atomic E-state index is 5.65. The summed E-state index contributed by atoms with van der Waals surface area (Å²) >= 11 is 0. The molecule has 138 valence electrons. The van der Waals surface area contributed by atoms with Gasteiger partial charge in [0.15, 0.2) is 0 Å². The highest BCUT2D eigenvalue weighted by atomic mass is 16.5. The quantitative estimate of drug-likeness (QED) is 0.663. The van der Waals surface area contributed by atoms with Gasteiger partial charge in [-0.25, -0.2) is 4.58 Å². The van der Waals surface area contributed by atoms with E-state index < -0.39 is 0 Å². The molecule has 2 aliphatic rings. The Balaban J connectivity index is 1.82. The average molecular weight is 353 g/mol. The minimum Gasteiger partial charge on any atom is -0.504 e. The van der Waals surface area contributed by atoms with Gasteiger partial charge >= 0.3 is 0 Å². The fourth-order valence-corrected chi connectivity index (χ4v) is 4.93. The fraction of sp³-hybridized carbons (Fsp3) is 0.500. The topological polar surface area (TPSA) is 37.3 Å². The van der Waals surface area contributed by atoms with Crippen LogP contribution in [0.15, 0.2) is 30.0 Å². The molecule has 0 saturated carbocycles. The number of H-pyrrole nitrogens is 1. The summed E-state index contributed by atoms with van der Waals surface area (Å²) in [5.74, 6) is 2.21. The molecule has 4 rings (SSSR count). The smallest absolute Gasteiger partial charge is 0.200 e. The molecule has 0 spiro atoms. The van der Waals surface area contributed by atoms with Gasteiger partial charge in [-0.2, -0.15) is 0 Å². The molecule has 2 atom stereocenters. The number of fused-ring (bicyclic) bond motifs is 4. The van der Waals surface area contributed by atoms with E-state index in [1.54, 1.807) is 14.2 Å². The maximum absolute atomic E-state index is 5.65. The van der Waals surface area contributed by atoms with Gasteiger partial charge in [0.1, 0.15) is 24.5 Å². The summed E-state index contributed by atoms with van der Waals surface area (Å²) in [6, 6.07) is 6.29. The van der Waals surface area contributed by atoms with Crippen LogP contribution >= 0.6 is 0 Å². The number of nitrogens with one attached hydrogen (secondary N) is 1. The number of nitrogens with zero attached hydrogens (tertiary/aromatic N) is 1. The van der Waals surface area contributed by atoms with Gasteiger partial charge in [0.25, 0.3) is 0 Å². The second-order valence-electron chi connectivity index (χ2n) is 7.58. The van der Waals surface area contributed by atoms with Crippen molar-refractivity contribution in [1.82, 2.24) is 4.98 Å². The Morgan fingerprint density at radius 1 is 1.35 bits per heavy atom. The number of hydrogen-bond acceptors (Lipinski definition) is 2. The molecular formula is C22H29N2O2+. The summed E-state index contributed by atoms with van der Waals surface area (Å²) in [6.45, 7) is 6.76. The largest absolute Gasteiger partial charge is 0.504 e. The Morgan fingerprint density at radius 2 is 2.19 bits per heavy atom. The fourth-order valence-electron chi connectivity index (χ4n) is 4.93. The molecule has 0 bridgehead atoms. The van der Waals surface area contributed by atoms with Crippen molar-refractivity contribution in [3.05, 3.63) is 41.3 Å². The number of hydrogen-bond donors (Lipinski definition) is 1. The van der Waals surface area contributed by atoms with E-state index in [1.807, 2.05) is 6.26 Å². The van der Waals surface area contributed by atoms with E-state index >= 15 is 0 Å². The second-order valence-corrected chi connectivity index (χ2v) is 7.58. The third-order valence-electron chi connectivity index (χ3n) is 6.26. The number of methoxy groups -OCH3 is 2. The Kier molecular flexibility index (Phi) is 4.51. The summed E-state index contributed by atoms with van der Waals surface area (Å²) < 4.78 is 13.6. The predicted molar refractivity (Wildman–Crippen MR) is 105 cm³/mol. The van der Waals surface area contributed by atoms with Crippen LogP contribution < -0.4 is 4.74 Å². The highest BCUT2D eigenvalue weighted by Gasteiger charge is 2.40. The van der Waals surface area contributed by atoms with Crippen molar-refractivity contribution in [3.63, 3.8) is 0 Å². The van der Waals surface area contributed by atoms with E-state index in [9.17, 15) is 0 Å². The molecule has 1 N–H and O–H groups in total. The number of rotatable bonds is 4.